The van der Waals surface area contributed by atoms with Crippen LogP contribution in [0.1, 0.15) is 5.56 Å². The first kappa shape index (κ1) is 13.8. The van der Waals surface area contributed by atoms with Gasteiger partial charge in [-0.1, -0.05) is 6.07 Å². The maximum Gasteiger partial charge on any atom is 0.321 e. The molecule has 0 aliphatic rings. The van der Waals surface area contributed by atoms with E-state index in [-0.39, 0.29) is 17.5 Å². The summed E-state index contributed by atoms with van der Waals surface area (Å²) >= 11 is 1.65. The molecule has 0 spiro atoms. The number of anilines is 1. The second-order valence-corrected chi connectivity index (χ2v) is 4.72. The minimum Gasteiger partial charge on any atom is -0.337 e. The van der Waals surface area contributed by atoms with E-state index in [0.717, 1.165) is 11.3 Å². The monoisotopic (exact) mass is 256 g/mol. The number of carbonyl (C=O) groups is 1. The van der Waals surface area contributed by atoms with Gasteiger partial charge in [-0.15, -0.1) is 0 Å². The van der Waals surface area contributed by atoms with Crippen molar-refractivity contribution >= 4 is 23.5 Å². The topological polar surface area (TPSA) is 32.3 Å². The van der Waals surface area contributed by atoms with Crippen LogP contribution in [0.2, 0.25) is 0 Å². The molecule has 3 nitrogen and oxygen atoms in total. The fourth-order valence-electron chi connectivity index (χ4n) is 1.37. The first-order valence-electron chi connectivity index (χ1n) is 5.33. The highest BCUT2D eigenvalue weighted by Crippen LogP contribution is 2.18. The average molecular weight is 256 g/mol. The molecule has 0 radical (unpaired) electrons. The number of benzene rings is 1. The number of nitrogens with one attached hydrogen (secondary N) is 1. The maximum absolute atomic E-state index is 13.6. The summed E-state index contributed by atoms with van der Waals surface area (Å²) in [5.41, 5.74) is 1.12. The largest absolute Gasteiger partial charge is 0.337 e. The Kier molecular flexibility index (Phi) is 5.28. The van der Waals surface area contributed by atoms with Crippen LogP contribution in [0.3, 0.4) is 0 Å². The van der Waals surface area contributed by atoms with Crippen molar-refractivity contribution in [2.75, 3.05) is 30.5 Å². The van der Waals surface area contributed by atoms with E-state index in [1.807, 2.05) is 13.2 Å². The molecule has 94 valence electrons. The summed E-state index contributed by atoms with van der Waals surface area (Å²) in [5, 5.41) is 2.72. The van der Waals surface area contributed by atoms with Crippen LogP contribution in [-0.4, -0.2) is 31.6 Å². The lowest BCUT2D eigenvalue weighted by Gasteiger charge is -2.18. The highest BCUT2D eigenvalue weighted by molar-refractivity contribution is 7.98. The van der Waals surface area contributed by atoms with Gasteiger partial charge < -0.3 is 5.32 Å². The highest BCUT2D eigenvalue weighted by Gasteiger charge is 2.13. The Bertz CT molecular complexity index is 398. The average Bonchev–Trinajstić information content (AvgIpc) is 2.28. The molecule has 1 rings (SSSR count). The molecular weight excluding hydrogens is 239 g/mol. The van der Waals surface area contributed by atoms with E-state index in [4.69, 9.17) is 0 Å². The van der Waals surface area contributed by atoms with Gasteiger partial charge in [0.05, 0.1) is 5.69 Å². The Morgan fingerprint density at radius 1 is 1.53 bits per heavy atom. The van der Waals surface area contributed by atoms with Gasteiger partial charge in [0, 0.05) is 19.3 Å². The molecule has 1 aromatic carbocycles. The normalized spacial score (nSPS) is 10.1. The SMILES string of the molecule is CSCCNC(=O)N(C)c1ccc(C)cc1F. The molecule has 1 aromatic rings. The van der Waals surface area contributed by atoms with E-state index < -0.39 is 0 Å². The van der Waals surface area contributed by atoms with Crippen molar-refractivity contribution in [2.24, 2.45) is 0 Å². The first-order valence-corrected chi connectivity index (χ1v) is 6.72. The molecule has 0 bridgehead atoms. The number of halogens is 1. The van der Waals surface area contributed by atoms with Crippen LogP contribution in [0.4, 0.5) is 14.9 Å². The van der Waals surface area contributed by atoms with Crippen molar-refractivity contribution in [3.8, 4) is 0 Å². The van der Waals surface area contributed by atoms with Crippen molar-refractivity contribution in [1.82, 2.24) is 5.32 Å². The number of carbonyl (C=O) groups excluding carboxylic acids is 1. The van der Waals surface area contributed by atoms with Crippen molar-refractivity contribution in [1.29, 1.82) is 0 Å². The standard InChI is InChI=1S/C12H17FN2OS/c1-9-4-5-11(10(13)8-9)15(2)12(16)14-6-7-17-3/h4-5,8H,6-7H2,1-3H3,(H,14,16). The minimum atomic E-state index is -0.382. The third kappa shape index (κ3) is 3.93. The third-order valence-corrected chi connectivity index (χ3v) is 2.96. The summed E-state index contributed by atoms with van der Waals surface area (Å²) in [6.45, 7) is 2.39. The molecule has 17 heavy (non-hydrogen) atoms. The molecular formula is C12H17FN2OS. The van der Waals surface area contributed by atoms with Crippen molar-refractivity contribution in [3.63, 3.8) is 0 Å². The van der Waals surface area contributed by atoms with Gasteiger partial charge in [0.1, 0.15) is 5.82 Å². The van der Waals surface area contributed by atoms with Gasteiger partial charge in [-0.05, 0) is 30.9 Å². The van der Waals surface area contributed by atoms with Gasteiger partial charge in [0.2, 0.25) is 0 Å². The van der Waals surface area contributed by atoms with Gasteiger partial charge in [-0.3, -0.25) is 4.90 Å². The zero-order valence-corrected chi connectivity index (χ0v) is 11.1. The van der Waals surface area contributed by atoms with Gasteiger partial charge in [0.25, 0.3) is 0 Å². The predicted molar refractivity (Wildman–Crippen MR) is 71.3 cm³/mol. The highest BCUT2D eigenvalue weighted by atomic mass is 32.2. The first-order chi connectivity index (χ1) is 8.06. The summed E-state index contributed by atoms with van der Waals surface area (Å²) in [6.07, 6.45) is 1.97. The zero-order valence-electron chi connectivity index (χ0n) is 10.3. The van der Waals surface area contributed by atoms with E-state index in [1.165, 1.54) is 11.0 Å². The Morgan fingerprint density at radius 2 is 2.24 bits per heavy atom. The van der Waals surface area contributed by atoms with E-state index in [9.17, 15) is 9.18 Å². The van der Waals surface area contributed by atoms with Gasteiger partial charge in [0.15, 0.2) is 0 Å². The molecule has 0 atom stereocenters. The quantitative estimate of drug-likeness (QED) is 0.840. The van der Waals surface area contributed by atoms with E-state index in [2.05, 4.69) is 5.32 Å². The second-order valence-electron chi connectivity index (χ2n) is 3.74. The number of amides is 2. The third-order valence-electron chi connectivity index (χ3n) is 2.35. The lowest BCUT2D eigenvalue weighted by atomic mass is 10.2. The molecule has 0 aliphatic heterocycles. The van der Waals surface area contributed by atoms with E-state index in [1.54, 1.807) is 30.9 Å². The van der Waals surface area contributed by atoms with Gasteiger partial charge in [-0.2, -0.15) is 11.8 Å². The molecule has 0 aliphatic carbocycles. The van der Waals surface area contributed by atoms with Crippen LogP contribution in [0.15, 0.2) is 18.2 Å². The van der Waals surface area contributed by atoms with Crippen LogP contribution < -0.4 is 10.2 Å². The van der Waals surface area contributed by atoms with Crippen LogP contribution in [0, 0.1) is 12.7 Å². The molecule has 0 saturated carbocycles. The van der Waals surface area contributed by atoms with Gasteiger partial charge >= 0.3 is 6.03 Å². The zero-order chi connectivity index (χ0) is 12.8. The molecule has 1 N–H and O–H groups in total. The summed E-state index contributed by atoms with van der Waals surface area (Å²) in [5.74, 6) is 0.461. The Morgan fingerprint density at radius 3 is 2.82 bits per heavy atom. The Balaban J connectivity index is 2.68. The van der Waals surface area contributed by atoms with Crippen molar-refractivity contribution in [3.05, 3.63) is 29.6 Å². The number of nitrogens with zero attached hydrogens (tertiary/aromatic N) is 1. The number of thioether (sulfide) groups is 1. The van der Waals surface area contributed by atoms with Crippen LogP contribution >= 0.6 is 11.8 Å². The Hall–Kier alpha value is -1.23. The number of urea groups is 1. The number of hydrogen-bond donors (Lipinski definition) is 1. The maximum atomic E-state index is 13.6. The fourth-order valence-corrected chi connectivity index (χ4v) is 1.68. The summed E-state index contributed by atoms with van der Waals surface area (Å²) in [6, 6.07) is 4.52. The second kappa shape index (κ2) is 6.49. The Labute approximate surface area is 105 Å². The minimum absolute atomic E-state index is 0.289. The van der Waals surface area contributed by atoms with Gasteiger partial charge in [-0.25, -0.2) is 9.18 Å². The lowest BCUT2D eigenvalue weighted by molar-refractivity contribution is 0.248. The molecule has 0 saturated heterocycles. The number of rotatable bonds is 4. The van der Waals surface area contributed by atoms with Crippen molar-refractivity contribution in [2.45, 2.75) is 6.92 Å². The molecule has 5 heteroatoms. The summed E-state index contributed by atoms with van der Waals surface area (Å²) in [7, 11) is 1.56. The fraction of sp³-hybridized carbons (Fsp3) is 0.417. The van der Waals surface area contributed by atoms with E-state index in [0.29, 0.717) is 6.54 Å². The number of aryl methyl sites for hydroxylation is 1. The molecule has 0 heterocycles. The van der Waals surface area contributed by atoms with Crippen LogP contribution in [0.25, 0.3) is 0 Å². The molecule has 0 unspecified atom stereocenters. The smallest absolute Gasteiger partial charge is 0.321 e. The number of hydrogen-bond acceptors (Lipinski definition) is 2. The van der Waals surface area contributed by atoms with Crippen molar-refractivity contribution < 1.29 is 9.18 Å². The van der Waals surface area contributed by atoms with Crippen LogP contribution in [0.5, 0.6) is 0 Å². The molecule has 0 aromatic heterocycles. The summed E-state index contributed by atoms with van der Waals surface area (Å²) < 4.78 is 13.6. The predicted octanol–water partition coefficient (Wildman–Crippen LogP) is 2.64. The van der Waals surface area contributed by atoms with E-state index >= 15 is 0 Å². The lowest BCUT2D eigenvalue weighted by Crippen LogP contribution is -2.38. The van der Waals surface area contributed by atoms with Crippen LogP contribution in [-0.2, 0) is 0 Å². The molecule has 0 fully saturated rings. The summed E-state index contributed by atoms with van der Waals surface area (Å²) in [4.78, 5) is 13.0. The molecule has 2 amide bonds.